The Kier molecular flexibility index (Phi) is 3.87. The second-order valence-corrected chi connectivity index (χ2v) is 3.85. The molecule has 0 N–H and O–H groups in total. The maximum absolute atomic E-state index is 8.61. The first kappa shape index (κ1) is 12.1. The van der Waals surface area contributed by atoms with Crippen LogP contribution in [0.4, 0.5) is 0 Å². The first-order valence-electron chi connectivity index (χ1n) is 5.80. The molecule has 0 saturated heterocycles. The molecule has 4 nitrogen and oxygen atoms in total. The fraction of sp³-hybridized carbons (Fsp3) is 0.214. The molecule has 1 aromatic heterocycles. The Morgan fingerprint density at radius 2 is 1.94 bits per heavy atom. The highest BCUT2D eigenvalue weighted by atomic mass is 16.5. The van der Waals surface area contributed by atoms with Crippen LogP contribution in [0.3, 0.4) is 0 Å². The van der Waals surface area contributed by atoms with Gasteiger partial charge in [-0.05, 0) is 24.1 Å². The molecule has 18 heavy (non-hydrogen) atoms. The summed E-state index contributed by atoms with van der Waals surface area (Å²) in [6.07, 6.45) is 5.03. The minimum Gasteiger partial charge on any atom is -0.438 e. The van der Waals surface area contributed by atoms with Gasteiger partial charge in [-0.2, -0.15) is 5.26 Å². The molecule has 0 amide bonds. The Labute approximate surface area is 106 Å². The van der Waals surface area contributed by atoms with Crippen molar-refractivity contribution < 1.29 is 4.74 Å². The smallest absolute Gasteiger partial charge is 0.237 e. The molecule has 0 fully saturated rings. The molecule has 0 atom stereocenters. The van der Waals surface area contributed by atoms with E-state index < -0.39 is 0 Å². The third kappa shape index (κ3) is 3.05. The Hall–Kier alpha value is -2.41. The summed E-state index contributed by atoms with van der Waals surface area (Å²) < 4.78 is 5.53. The second kappa shape index (κ2) is 5.78. The average molecular weight is 239 g/mol. The van der Waals surface area contributed by atoms with Gasteiger partial charge in [0.05, 0.1) is 12.4 Å². The van der Waals surface area contributed by atoms with E-state index in [-0.39, 0.29) is 5.69 Å². The molecule has 0 aliphatic rings. The maximum atomic E-state index is 8.61. The molecular weight excluding hydrogens is 226 g/mol. The van der Waals surface area contributed by atoms with Crippen molar-refractivity contribution >= 4 is 0 Å². The van der Waals surface area contributed by atoms with Gasteiger partial charge in [0.1, 0.15) is 11.8 Å². The summed E-state index contributed by atoms with van der Waals surface area (Å²) in [5.41, 5.74) is 1.57. The molecular formula is C14H13N3O. The molecule has 1 aromatic carbocycles. The van der Waals surface area contributed by atoms with E-state index in [1.165, 1.54) is 18.0 Å². The molecule has 0 aliphatic carbocycles. The van der Waals surface area contributed by atoms with Crippen molar-refractivity contribution in [2.45, 2.75) is 19.8 Å². The van der Waals surface area contributed by atoms with Crippen LogP contribution in [-0.4, -0.2) is 9.97 Å². The summed E-state index contributed by atoms with van der Waals surface area (Å²) in [6.45, 7) is 2.15. The molecule has 0 bridgehead atoms. The van der Waals surface area contributed by atoms with Gasteiger partial charge in [0, 0.05) is 0 Å². The summed E-state index contributed by atoms with van der Waals surface area (Å²) >= 11 is 0. The Balaban J connectivity index is 2.06. The molecule has 2 aromatic rings. The van der Waals surface area contributed by atoms with E-state index in [1.807, 2.05) is 30.3 Å². The van der Waals surface area contributed by atoms with E-state index in [0.717, 1.165) is 12.8 Å². The molecule has 1 heterocycles. The van der Waals surface area contributed by atoms with Gasteiger partial charge in [0.2, 0.25) is 5.88 Å². The third-order valence-corrected chi connectivity index (χ3v) is 2.43. The molecule has 2 rings (SSSR count). The van der Waals surface area contributed by atoms with Crippen LogP contribution < -0.4 is 4.74 Å². The summed E-state index contributed by atoms with van der Waals surface area (Å²) in [5, 5.41) is 8.61. The predicted molar refractivity (Wildman–Crippen MR) is 67.3 cm³/mol. The van der Waals surface area contributed by atoms with Gasteiger partial charge in [-0.3, -0.25) is 0 Å². The number of nitrogens with zero attached hydrogens (tertiary/aromatic N) is 3. The van der Waals surface area contributed by atoms with Crippen LogP contribution in [-0.2, 0) is 6.42 Å². The topological polar surface area (TPSA) is 58.8 Å². The first-order chi connectivity index (χ1) is 8.81. The molecule has 0 saturated carbocycles. The predicted octanol–water partition coefficient (Wildman–Crippen LogP) is 3.09. The number of hydrogen-bond acceptors (Lipinski definition) is 4. The average Bonchev–Trinajstić information content (AvgIpc) is 2.42. The molecule has 0 spiro atoms. The van der Waals surface area contributed by atoms with E-state index in [1.54, 1.807) is 0 Å². The van der Waals surface area contributed by atoms with Crippen LogP contribution in [0.25, 0.3) is 0 Å². The number of aryl methyl sites for hydroxylation is 1. The zero-order valence-corrected chi connectivity index (χ0v) is 10.1. The van der Waals surface area contributed by atoms with E-state index in [0.29, 0.717) is 11.6 Å². The lowest BCUT2D eigenvalue weighted by atomic mass is 10.1. The monoisotopic (exact) mass is 239 g/mol. The van der Waals surface area contributed by atoms with Crippen LogP contribution in [0.15, 0.2) is 36.7 Å². The second-order valence-electron chi connectivity index (χ2n) is 3.85. The SMILES string of the molecule is CCCc1ccc(Oc2cnc(C#N)cn2)cc1. The summed E-state index contributed by atoms with van der Waals surface area (Å²) in [7, 11) is 0. The fourth-order valence-corrected chi connectivity index (χ4v) is 1.56. The normalized spacial score (nSPS) is 9.78. The number of ether oxygens (including phenoxy) is 1. The van der Waals surface area contributed by atoms with Crippen molar-refractivity contribution in [1.29, 1.82) is 5.26 Å². The van der Waals surface area contributed by atoms with Gasteiger partial charge < -0.3 is 4.74 Å². The lowest BCUT2D eigenvalue weighted by molar-refractivity contribution is 0.459. The summed E-state index contributed by atoms with van der Waals surface area (Å²) in [5.74, 6) is 1.10. The Morgan fingerprint density at radius 1 is 1.17 bits per heavy atom. The Bertz CT molecular complexity index is 541. The van der Waals surface area contributed by atoms with Gasteiger partial charge in [0.15, 0.2) is 5.69 Å². The largest absolute Gasteiger partial charge is 0.438 e. The van der Waals surface area contributed by atoms with Crippen LogP contribution in [0.1, 0.15) is 24.6 Å². The molecule has 4 heteroatoms. The van der Waals surface area contributed by atoms with E-state index in [4.69, 9.17) is 10.00 Å². The molecule has 0 aliphatic heterocycles. The summed E-state index contributed by atoms with van der Waals surface area (Å²) in [6, 6.07) is 9.80. The third-order valence-electron chi connectivity index (χ3n) is 2.43. The maximum Gasteiger partial charge on any atom is 0.237 e. The van der Waals surface area contributed by atoms with Crippen molar-refractivity contribution in [3.05, 3.63) is 47.9 Å². The van der Waals surface area contributed by atoms with Gasteiger partial charge in [-0.25, -0.2) is 9.97 Å². The van der Waals surface area contributed by atoms with E-state index >= 15 is 0 Å². The number of nitriles is 1. The molecule has 0 radical (unpaired) electrons. The van der Waals surface area contributed by atoms with Crippen LogP contribution in [0.2, 0.25) is 0 Å². The number of hydrogen-bond donors (Lipinski definition) is 0. The van der Waals surface area contributed by atoms with Gasteiger partial charge >= 0.3 is 0 Å². The highest BCUT2D eigenvalue weighted by Gasteiger charge is 2.00. The number of aromatic nitrogens is 2. The van der Waals surface area contributed by atoms with Crippen molar-refractivity contribution in [1.82, 2.24) is 9.97 Å². The van der Waals surface area contributed by atoms with Crippen LogP contribution in [0, 0.1) is 11.3 Å². The van der Waals surface area contributed by atoms with Crippen molar-refractivity contribution in [3.63, 3.8) is 0 Å². The van der Waals surface area contributed by atoms with Gasteiger partial charge in [0.25, 0.3) is 0 Å². The number of benzene rings is 1. The minimum absolute atomic E-state index is 0.278. The summed E-state index contributed by atoms with van der Waals surface area (Å²) in [4.78, 5) is 7.89. The van der Waals surface area contributed by atoms with Gasteiger partial charge in [-0.15, -0.1) is 0 Å². The van der Waals surface area contributed by atoms with Crippen LogP contribution in [0.5, 0.6) is 11.6 Å². The zero-order chi connectivity index (χ0) is 12.8. The Morgan fingerprint density at radius 3 is 2.50 bits per heavy atom. The van der Waals surface area contributed by atoms with Crippen LogP contribution >= 0.6 is 0 Å². The molecule has 90 valence electrons. The van der Waals surface area contributed by atoms with E-state index in [9.17, 15) is 0 Å². The quantitative estimate of drug-likeness (QED) is 0.822. The highest BCUT2D eigenvalue weighted by molar-refractivity contribution is 5.30. The van der Waals surface area contributed by atoms with Crippen molar-refractivity contribution in [2.24, 2.45) is 0 Å². The fourth-order valence-electron chi connectivity index (χ4n) is 1.56. The highest BCUT2D eigenvalue weighted by Crippen LogP contribution is 2.19. The lowest BCUT2D eigenvalue weighted by Gasteiger charge is -2.05. The first-order valence-corrected chi connectivity index (χ1v) is 5.80. The minimum atomic E-state index is 0.278. The van der Waals surface area contributed by atoms with Crippen molar-refractivity contribution in [2.75, 3.05) is 0 Å². The van der Waals surface area contributed by atoms with Gasteiger partial charge in [-0.1, -0.05) is 25.5 Å². The van der Waals surface area contributed by atoms with Crippen molar-refractivity contribution in [3.8, 4) is 17.7 Å². The standard InChI is InChI=1S/C14H13N3O/c1-2-3-11-4-6-13(7-5-11)18-14-10-16-12(8-15)9-17-14/h4-7,9-10H,2-3H2,1H3. The lowest BCUT2D eigenvalue weighted by Crippen LogP contribution is -1.91. The van der Waals surface area contributed by atoms with E-state index in [2.05, 4.69) is 16.9 Å². The number of rotatable bonds is 4. The zero-order valence-electron chi connectivity index (χ0n) is 10.1. The molecule has 0 unspecified atom stereocenters.